The lowest BCUT2D eigenvalue weighted by atomic mass is 10.2. The van der Waals surface area contributed by atoms with E-state index in [1.807, 2.05) is 13.8 Å². The van der Waals surface area contributed by atoms with Crippen LogP contribution in [0.1, 0.15) is 40.5 Å². The average Bonchev–Trinajstić information content (AvgIpc) is 2.08. The van der Waals surface area contributed by atoms with E-state index in [-0.39, 0.29) is 18.5 Å². The molecule has 0 aliphatic heterocycles. The van der Waals surface area contributed by atoms with Crippen molar-refractivity contribution in [3.8, 4) is 0 Å². The number of ether oxygens (including phenoxy) is 1. The highest BCUT2D eigenvalue weighted by Gasteiger charge is 2.03. The van der Waals surface area contributed by atoms with E-state index in [1.165, 1.54) is 0 Å². The summed E-state index contributed by atoms with van der Waals surface area (Å²) in [6, 6.07) is 0.497. The number of carbonyl (C=O) groups excluding carboxylic acids is 1. The molecule has 0 radical (unpaired) electrons. The monoisotopic (exact) mass is 201 g/mol. The first-order chi connectivity index (χ1) is 6.52. The summed E-state index contributed by atoms with van der Waals surface area (Å²) in [5.41, 5.74) is 0. The van der Waals surface area contributed by atoms with Crippen molar-refractivity contribution in [2.24, 2.45) is 0 Å². The van der Waals surface area contributed by atoms with Gasteiger partial charge in [0.05, 0.1) is 6.10 Å². The number of ketones is 1. The van der Waals surface area contributed by atoms with Gasteiger partial charge in [0.1, 0.15) is 6.61 Å². The molecule has 0 atom stereocenters. The Kier molecular flexibility index (Phi) is 7.71. The van der Waals surface area contributed by atoms with Gasteiger partial charge in [0.15, 0.2) is 5.78 Å². The molecule has 0 aliphatic carbocycles. The van der Waals surface area contributed by atoms with Gasteiger partial charge >= 0.3 is 0 Å². The molecule has 14 heavy (non-hydrogen) atoms. The summed E-state index contributed by atoms with van der Waals surface area (Å²) in [5.74, 6) is 0.198. The van der Waals surface area contributed by atoms with Crippen LogP contribution < -0.4 is 5.32 Å². The fourth-order valence-electron chi connectivity index (χ4n) is 1.01. The van der Waals surface area contributed by atoms with E-state index in [0.29, 0.717) is 12.5 Å². The minimum atomic E-state index is 0.146. The lowest BCUT2D eigenvalue weighted by molar-refractivity contribution is -0.125. The zero-order chi connectivity index (χ0) is 11.0. The van der Waals surface area contributed by atoms with Crippen LogP contribution in [0, 0.1) is 0 Å². The van der Waals surface area contributed by atoms with Crippen molar-refractivity contribution in [2.75, 3.05) is 13.2 Å². The van der Waals surface area contributed by atoms with E-state index in [9.17, 15) is 4.79 Å². The molecule has 0 unspecified atom stereocenters. The second-order valence-electron chi connectivity index (χ2n) is 4.11. The fraction of sp³-hybridized carbons (Fsp3) is 0.909. The van der Waals surface area contributed by atoms with Crippen LogP contribution in [0.2, 0.25) is 0 Å². The van der Waals surface area contributed by atoms with E-state index < -0.39 is 0 Å². The predicted octanol–water partition coefficient (Wildman–Crippen LogP) is 1.76. The lowest BCUT2D eigenvalue weighted by Gasteiger charge is -2.08. The first-order valence-electron chi connectivity index (χ1n) is 5.39. The van der Waals surface area contributed by atoms with E-state index in [2.05, 4.69) is 19.2 Å². The van der Waals surface area contributed by atoms with Crippen LogP contribution in [0.25, 0.3) is 0 Å². The summed E-state index contributed by atoms with van der Waals surface area (Å²) in [6.07, 6.45) is 1.66. The van der Waals surface area contributed by atoms with Crippen molar-refractivity contribution in [3.05, 3.63) is 0 Å². The van der Waals surface area contributed by atoms with Crippen molar-refractivity contribution in [1.29, 1.82) is 0 Å². The fourth-order valence-corrected chi connectivity index (χ4v) is 1.01. The van der Waals surface area contributed by atoms with Crippen LogP contribution in [0.4, 0.5) is 0 Å². The standard InChI is InChI=1S/C11H23NO2/c1-9(2)12-7-5-6-11(13)8-14-10(3)4/h9-10,12H,5-8H2,1-4H3. The van der Waals surface area contributed by atoms with Crippen LogP contribution in [0.3, 0.4) is 0 Å². The third-order valence-electron chi connectivity index (χ3n) is 1.76. The van der Waals surface area contributed by atoms with Gasteiger partial charge < -0.3 is 10.1 Å². The molecule has 0 aromatic heterocycles. The Morgan fingerprint density at radius 3 is 2.43 bits per heavy atom. The number of hydrogen-bond acceptors (Lipinski definition) is 3. The van der Waals surface area contributed by atoms with Crippen LogP contribution in [-0.2, 0) is 9.53 Å². The van der Waals surface area contributed by atoms with Crippen molar-refractivity contribution >= 4 is 5.78 Å². The number of Topliss-reactive ketones (excluding diaryl/α,β-unsaturated/α-hetero) is 1. The van der Waals surface area contributed by atoms with Gasteiger partial charge in [0.25, 0.3) is 0 Å². The van der Waals surface area contributed by atoms with Gasteiger partial charge in [-0.15, -0.1) is 0 Å². The quantitative estimate of drug-likeness (QED) is 0.608. The molecule has 3 nitrogen and oxygen atoms in total. The lowest BCUT2D eigenvalue weighted by Crippen LogP contribution is -2.24. The van der Waals surface area contributed by atoms with Crippen molar-refractivity contribution < 1.29 is 9.53 Å². The smallest absolute Gasteiger partial charge is 0.158 e. The predicted molar refractivity (Wildman–Crippen MR) is 58.5 cm³/mol. The molecule has 0 aromatic rings. The molecule has 0 spiro atoms. The van der Waals surface area contributed by atoms with Gasteiger partial charge in [-0.3, -0.25) is 4.79 Å². The summed E-state index contributed by atoms with van der Waals surface area (Å²) >= 11 is 0. The molecule has 84 valence electrons. The molecule has 0 saturated carbocycles. The van der Waals surface area contributed by atoms with Crippen molar-refractivity contribution in [1.82, 2.24) is 5.32 Å². The maximum Gasteiger partial charge on any atom is 0.158 e. The first kappa shape index (κ1) is 13.6. The maximum atomic E-state index is 11.2. The zero-order valence-electron chi connectivity index (χ0n) is 9.80. The minimum Gasteiger partial charge on any atom is -0.371 e. The Morgan fingerprint density at radius 2 is 1.93 bits per heavy atom. The normalized spacial score (nSPS) is 11.3. The highest BCUT2D eigenvalue weighted by Crippen LogP contribution is 1.94. The molecule has 0 fully saturated rings. The maximum absolute atomic E-state index is 11.2. The Morgan fingerprint density at radius 1 is 1.29 bits per heavy atom. The molecule has 1 N–H and O–H groups in total. The zero-order valence-corrected chi connectivity index (χ0v) is 9.80. The second-order valence-corrected chi connectivity index (χ2v) is 4.11. The topological polar surface area (TPSA) is 38.3 Å². The van der Waals surface area contributed by atoms with Gasteiger partial charge in [0, 0.05) is 12.5 Å². The van der Waals surface area contributed by atoms with Crippen LogP contribution in [-0.4, -0.2) is 31.1 Å². The van der Waals surface area contributed by atoms with E-state index in [4.69, 9.17) is 4.74 Å². The number of hydrogen-bond donors (Lipinski definition) is 1. The van der Waals surface area contributed by atoms with E-state index >= 15 is 0 Å². The second kappa shape index (κ2) is 7.94. The van der Waals surface area contributed by atoms with Crippen molar-refractivity contribution in [3.63, 3.8) is 0 Å². The molecule has 0 rings (SSSR count). The van der Waals surface area contributed by atoms with Crippen molar-refractivity contribution in [2.45, 2.75) is 52.7 Å². The molecule has 0 heterocycles. The van der Waals surface area contributed by atoms with Gasteiger partial charge in [-0.2, -0.15) is 0 Å². The summed E-state index contributed by atoms with van der Waals surface area (Å²) in [4.78, 5) is 11.2. The van der Waals surface area contributed by atoms with Crippen LogP contribution >= 0.6 is 0 Å². The van der Waals surface area contributed by atoms with E-state index in [1.54, 1.807) is 0 Å². The van der Waals surface area contributed by atoms with Gasteiger partial charge in [0.2, 0.25) is 0 Å². The Hall–Kier alpha value is -0.410. The molecule has 3 heteroatoms. The summed E-state index contributed by atoms with van der Waals surface area (Å²) in [6.45, 7) is 9.25. The van der Waals surface area contributed by atoms with Crippen LogP contribution in [0.5, 0.6) is 0 Å². The van der Waals surface area contributed by atoms with Gasteiger partial charge in [-0.05, 0) is 26.8 Å². The highest BCUT2D eigenvalue weighted by molar-refractivity contribution is 5.79. The third kappa shape index (κ3) is 9.68. The van der Waals surface area contributed by atoms with Gasteiger partial charge in [-0.25, -0.2) is 0 Å². The average molecular weight is 201 g/mol. The summed E-state index contributed by atoms with van der Waals surface area (Å²) in [5, 5.41) is 3.27. The summed E-state index contributed by atoms with van der Waals surface area (Å²) in [7, 11) is 0. The minimum absolute atomic E-state index is 0.146. The van der Waals surface area contributed by atoms with Gasteiger partial charge in [-0.1, -0.05) is 13.8 Å². The Labute approximate surface area is 87.2 Å². The number of rotatable bonds is 8. The molecule has 0 amide bonds. The Bertz CT molecular complexity index is 155. The number of nitrogens with one attached hydrogen (secondary N) is 1. The van der Waals surface area contributed by atoms with Crippen LogP contribution in [0.15, 0.2) is 0 Å². The number of carbonyl (C=O) groups is 1. The van der Waals surface area contributed by atoms with E-state index in [0.717, 1.165) is 13.0 Å². The Balaban J connectivity index is 3.27. The molecule has 0 aliphatic rings. The molecule has 0 aromatic carbocycles. The largest absolute Gasteiger partial charge is 0.371 e. The third-order valence-corrected chi connectivity index (χ3v) is 1.76. The SMILES string of the molecule is CC(C)NCCCC(=O)COC(C)C. The first-order valence-corrected chi connectivity index (χ1v) is 5.39. The summed E-state index contributed by atoms with van der Waals surface area (Å²) < 4.78 is 5.21. The molecular formula is C11H23NO2. The molecular weight excluding hydrogens is 178 g/mol. The molecule has 0 saturated heterocycles. The highest BCUT2D eigenvalue weighted by atomic mass is 16.5. The molecule has 0 bridgehead atoms.